The Morgan fingerprint density at radius 2 is 2.08 bits per heavy atom. The molecule has 13 heavy (non-hydrogen) atoms. The molecule has 0 aromatic heterocycles. The summed E-state index contributed by atoms with van der Waals surface area (Å²) in [4.78, 5) is 0. The summed E-state index contributed by atoms with van der Waals surface area (Å²) in [6.45, 7) is 1.18. The van der Waals surface area contributed by atoms with Crippen molar-refractivity contribution in [1.29, 1.82) is 0 Å². The third kappa shape index (κ3) is 2.58. The van der Waals surface area contributed by atoms with Crippen LogP contribution < -0.4 is 5.32 Å². The summed E-state index contributed by atoms with van der Waals surface area (Å²) in [5.41, 5.74) is 1.47. The molecule has 1 aliphatic heterocycles. The number of rotatable bonds is 1. The zero-order valence-corrected chi connectivity index (χ0v) is 10.3. The van der Waals surface area contributed by atoms with E-state index in [0.717, 1.165) is 0 Å². The first-order valence-corrected chi connectivity index (χ1v) is 5.43. The highest BCUT2D eigenvalue weighted by Gasteiger charge is 2.17. The fourth-order valence-electron chi connectivity index (χ4n) is 1.71. The Balaban J connectivity index is 0.000000845. The molecule has 2 rings (SSSR count). The van der Waals surface area contributed by atoms with Crippen LogP contribution in [-0.4, -0.2) is 6.54 Å². The molecule has 1 unspecified atom stereocenters. The molecule has 1 N–H and O–H groups in total. The molecular weight excluding hydrogens is 296 g/mol. The van der Waals surface area contributed by atoms with Gasteiger partial charge in [-0.15, -0.1) is 12.4 Å². The minimum atomic E-state index is 0. The van der Waals surface area contributed by atoms with Crippen molar-refractivity contribution in [1.82, 2.24) is 5.32 Å². The summed E-state index contributed by atoms with van der Waals surface area (Å²) in [5, 5.41) is 3.51. The molecule has 1 saturated heterocycles. The second kappa shape index (κ2) is 5.17. The van der Waals surface area contributed by atoms with Gasteiger partial charge in [0.15, 0.2) is 0 Å². The van der Waals surface area contributed by atoms with Crippen molar-refractivity contribution in [2.45, 2.75) is 18.9 Å². The van der Waals surface area contributed by atoms with E-state index >= 15 is 0 Å². The van der Waals surface area contributed by atoms with Crippen molar-refractivity contribution in [2.75, 3.05) is 6.54 Å². The van der Waals surface area contributed by atoms with E-state index < -0.39 is 0 Å². The van der Waals surface area contributed by atoms with E-state index in [1.807, 2.05) is 0 Å². The topological polar surface area (TPSA) is 12.0 Å². The van der Waals surface area contributed by atoms with Gasteiger partial charge >= 0.3 is 0 Å². The summed E-state index contributed by atoms with van der Waals surface area (Å²) in [5.74, 6) is 0. The van der Waals surface area contributed by atoms with Gasteiger partial charge in [-0.05, 0) is 53.6 Å². The Bertz CT molecular complexity index is 271. The van der Waals surface area contributed by atoms with E-state index in [4.69, 9.17) is 0 Å². The molecule has 1 heterocycles. The van der Waals surface area contributed by atoms with Crippen LogP contribution >= 0.6 is 35.0 Å². The lowest BCUT2D eigenvalue weighted by atomic mass is 10.1. The van der Waals surface area contributed by atoms with E-state index in [-0.39, 0.29) is 12.4 Å². The van der Waals surface area contributed by atoms with Crippen molar-refractivity contribution in [2.24, 2.45) is 0 Å². The second-order valence-corrected chi connectivity index (χ2v) is 4.33. The highest BCUT2D eigenvalue weighted by molar-refractivity contribution is 14.1. The molecule has 72 valence electrons. The van der Waals surface area contributed by atoms with Crippen LogP contribution in [0.3, 0.4) is 0 Å². The largest absolute Gasteiger partial charge is 0.310 e. The minimum Gasteiger partial charge on any atom is -0.310 e. The van der Waals surface area contributed by atoms with Crippen molar-refractivity contribution in [3.63, 3.8) is 0 Å². The SMILES string of the molecule is Cl.Ic1ccccc1C1CCCN1. The van der Waals surface area contributed by atoms with Gasteiger partial charge in [0, 0.05) is 9.61 Å². The third-order valence-electron chi connectivity index (χ3n) is 2.34. The zero-order valence-electron chi connectivity index (χ0n) is 7.29. The van der Waals surface area contributed by atoms with Crippen LogP contribution in [0.1, 0.15) is 24.4 Å². The smallest absolute Gasteiger partial charge is 0.0331 e. The van der Waals surface area contributed by atoms with Gasteiger partial charge in [0.1, 0.15) is 0 Å². The van der Waals surface area contributed by atoms with Crippen LogP contribution in [0.5, 0.6) is 0 Å². The summed E-state index contributed by atoms with van der Waals surface area (Å²) in [7, 11) is 0. The van der Waals surface area contributed by atoms with E-state index in [9.17, 15) is 0 Å². The zero-order chi connectivity index (χ0) is 8.39. The molecule has 0 radical (unpaired) electrons. The predicted molar refractivity (Wildman–Crippen MR) is 66.4 cm³/mol. The summed E-state index contributed by atoms with van der Waals surface area (Å²) < 4.78 is 1.38. The molecule has 1 atom stereocenters. The molecule has 0 aliphatic carbocycles. The molecular formula is C10H13ClIN. The lowest BCUT2D eigenvalue weighted by molar-refractivity contribution is 0.644. The number of nitrogens with one attached hydrogen (secondary N) is 1. The van der Waals surface area contributed by atoms with Gasteiger partial charge in [0.25, 0.3) is 0 Å². The van der Waals surface area contributed by atoms with E-state index in [0.29, 0.717) is 6.04 Å². The molecule has 0 spiro atoms. The predicted octanol–water partition coefficient (Wildman–Crippen LogP) is 3.14. The van der Waals surface area contributed by atoms with E-state index in [1.54, 1.807) is 0 Å². The molecule has 1 aromatic rings. The first kappa shape index (κ1) is 11.3. The monoisotopic (exact) mass is 309 g/mol. The maximum atomic E-state index is 3.51. The fraction of sp³-hybridized carbons (Fsp3) is 0.400. The Hall–Kier alpha value is 0.200. The fourth-order valence-corrected chi connectivity index (χ4v) is 2.47. The Morgan fingerprint density at radius 1 is 1.31 bits per heavy atom. The van der Waals surface area contributed by atoms with Crippen LogP contribution in [0.25, 0.3) is 0 Å². The van der Waals surface area contributed by atoms with Gasteiger partial charge < -0.3 is 5.32 Å². The van der Waals surface area contributed by atoms with Crippen molar-refractivity contribution in [3.05, 3.63) is 33.4 Å². The summed E-state index contributed by atoms with van der Waals surface area (Å²) in [6.07, 6.45) is 2.61. The minimum absolute atomic E-state index is 0. The molecule has 3 heteroatoms. The van der Waals surface area contributed by atoms with Crippen molar-refractivity contribution in [3.8, 4) is 0 Å². The van der Waals surface area contributed by atoms with Crippen LogP contribution in [0.4, 0.5) is 0 Å². The highest BCUT2D eigenvalue weighted by atomic mass is 127. The molecule has 1 nitrogen and oxygen atoms in total. The number of benzene rings is 1. The van der Waals surface area contributed by atoms with Gasteiger partial charge in [-0.25, -0.2) is 0 Å². The van der Waals surface area contributed by atoms with Gasteiger partial charge in [-0.2, -0.15) is 0 Å². The molecule has 1 fully saturated rings. The molecule has 0 amide bonds. The maximum Gasteiger partial charge on any atom is 0.0331 e. The number of halogens is 2. The van der Waals surface area contributed by atoms with Crippen LogP contribution in [0.2, 0.25) is 0 Å². The first-order chi connectivity index (χ1) is 5.88. The normalized spacial score (nSPS) is 21.2. The van der Waals surface area contributed by atoms with Crippen LogP contribution in [0, 0.1) is 3.57 Å². The van der Waals surface area contributed by atoms with Crippen molar-refractivity contribution >= 4 is 35.0 Å². The lowest BCUT2D eigenvalue weighted by Gasteiger charge is -2.11. The van der Waals surface area contributed by atoms with Gasteiger partial charge in [-0.1, -0.05) is 18.2 Å². The van der Waals surface area contributed by atoms with Gasteiger partial charge in [0.2, 0.25) is 0 Å². The van der Waals surface area contributed by atoms with E-state index in [1.165, 1.54) is 28.5 Å². The Labute approximate surface area is 98.9 Å². The van der Waals surface area contributed by atoms with Crippen molar-refractivity contribution < 1.29 is 0 Å². The molecule has 0 saturated carbocycles. The second-order valence-electron chi connectivity index (χ2n) is 3.17. The van der Waals surface area contributed by atoms with Gasteiger partial charge in [-0.3, -0.25) is 0 Å². The Morgan fingerprint density at radius 3 is 2.69 bits per heavy atom. The standard InChI is InChI=1S/C10H12IN.ClH/c11-9-5-2-1-4-8(9)10-6-3-7-12-10;/h1-2,4-5,10,12H,3,6-7H2;1H. The van der Waals surface area contributed by atoms with Crippen LogP contribution in [-0.2, 0) is 0 Å². The highest BCUT2D eigenvalue weighted by Crippen LogP contribution is 2.26. The molecule has 1 aliphatic rings. The van der Waals surface area contributed by atoms with Gasteiger partial charge in [0.05, 0.1) is 0 Å². The number of hydrogen-bond acceptors (Lipinski definition) is 1. The maximum absolute atomic E-state index is 3.51. The first-order valence-electron chi connectivity index (χ1n) is 4.36. The Kier molecular flexibility index (Phi) is 4.49. The average Bonchev–Trinajstić information content (AvgIpc) is 2.57. The number of hydrogen-bond donors (Lipinski definition) is 1. The summed E-state index contributed by atoms with van der Waals surface area (Å²) in [6, 6.07) is 9.23. The molecule has 0 bridgehead atoms. The van der Waals surface area contributed by atoms with E-state index in [2.05, 4.69) is 52.2 Å². The quantitative estimate of drug-likeness (QED) is 0.786. The summed E-state index contributed by atoms with van der Waals surface area (Å²) >= 11 is 2.41. The van der Waals surface area contributed by atoms with Crippen LogP contribution in [0.15, 0.2) is 24.3 Å². The lowest BCUT2D eigenvalue weighted by Crippen LogP contribution is -2.13. The third-order valence-corrected chi connectivity index (χ3v) is 3.32. The molecule has 1 aromatic carbocycles. The average molecular weight is 310 g/mol.